The maximum Gasteiger partial charge on any atom is 0.191 e. The Hall–Kier alpha value is -2.55. The highest BCUT2D eigenvalue weighted by Gasteiger charge is 2.16. The average molecular weight is 331 g/mol. The molecule has 0 fully saturated rings. The number of guanidine groups is 1. The second kappa shape index (κ2) is 7.56. The molecule has 0 saturated carbocycles. The van der Waals surface area contributed by atoms with Gasteiger partial charge in [-0.25, -0.2) is 0 Å². The van der Waals surface area contributed by atoms with E-state index < -0.39 is 0 Å². The van der Waals surface area contributed by atoms with Gasteiger partial charge in [-0.1, -0.05) is 54.6 Å². The maximum atomic E-state index is 4.37. The zero-order valence-corrected chi connectivity index (χ0v) is 14.6. The fraction of sp³-hybridized carbons (Fsp3) is 0.318. The molecule has 25 heavy (non-hydrogen) atoms. The van der Waals surface area contributed by atoms with Crippen molar-refractivity contribution in [2.45, 2.75) is 25.7 Å². The number of benzene rings is 2. The van der Waals surface area contributed by atoms with Gasteiger partial charge >= 0.3 is 0 Å². The van der Waals surface area contributed by atoms with Crippen LogP contribution < -0.4 is 10.6 Å². The lowest BCUT2D eigenvalue weighted by molar-refractivity contribution is 0.774. The predicted molar refractivity (Wildman–Crippen MR) is 105 cm³/mol. The molecule has 0 unspecified atom stereocenters. The first kappa shape index (κ1) is 15.9. The minimum atomic E-state index is 0.889. The van der Waals surface area contributed by atoms with Crippen molar-refractivity contribution in [3.8, 4) is 0 Å². The standard InChI is InChI=1S/C22H25N3/c1-3-9-19-17(7-1)12-13-18-8-2-4-10-20(18)21(19)11-5-6-14-23-22-24-15-16-25-22/h1-4,7-11H,5-6,12-16H2,(H2,23,24,25). The summed E-state index contributed by atoms with van der Waals surface area (Å²) >= 11 is 0. The molecule has 2 aromatic rings. The van der Waals surface area contributed by atoms with E-state index in [1.54, 1.807) is 0 Å². The molecule has 128 valence electrons. The Morgan fingerprint density at radius 3 is 2.28 bits per heavy atom. The first-order valence-corrected chi connectivity index (χ1v) is 9.31. The summed E-state index contributed by atoms with van der Waals surface area (Å²) in [5, 5.41) is 6.63. The molecule has 2 aliphatic rings. The first-order chi connectivity index (χ1) is 12.4. The second-order valence-electron chi connectivity index (χ2n) is 6.66. The number of nitrogens with one attached hydrogen (secondary N) is 2. The lowest BCUT2D eigenvalue weighted by atomic mass is 9.93. The number of hydrogen-bond donors (Lipinski definition) is 2. The van der Waals surface area contributed by atoms with Gasteiger partial charge in [0.05, 0.1) is 6.54 Å². The van der Waals surface area contributed by atoms with E-state index in [0.29, 0.717) is 0 Å². The molecule has 3 nitrogen and oxygen atoms in total. The van der Waals surface area contributed by atoms with E-state index in [9.17, 15) is 0 Å². The second-order valence-corrected chi connectivity index (χ2v) is 6.66. The zero-order chi connectivity index (χ0) is 16.9. The SMILES string of the molecule is C(CCCNC1=NCCN1)=C1c2ccccc2CCc2ccccc21. The van der Waals surface area contributed by atoms with Crippen molar-refractivity contribution in [2.75, 3.05) is 19.6 Å². The molecule has 2 aromatic carbocycles. The van der Waals surface area contributed by atoms with Crippen LogP contribution in [0.5, 0.6) is 0 Å². The fourth-order valence-electron chi connectivity index (χ4n) is 3.71. The Labute approximate surface area is 149 Å². The lowest BCUT2D eigenvalue weighted by Crippen LogP contribution is -2.34. The minimum absolute atomic E-state index is 0.889. The molecule has 4 rings (SSSR count). The number of allylic oxidation sites excluding steroid dienone is 1. The van der Waals surface area contributed by atoms with E-state index in [0.717, 1.165) is 51.3 Å². The largest absolute Gasteiger partial charge is 0.356 e. The smallest absolute Gasteiger partial charge is 0.191 e. The van der Waals surface area contributed by atoms with Crippen molar-refractivity contribution in [3.63, 3.8) is 0 Å². The van der Waals surface area contributed by atoms with Gasteiger partial charge in [0.2, 0.25) is 0 Å². The third kappa shape index (κ3) is 3.60. The molecule has 0 aromatic heterocycles. The molecule has 3 heteroatoms. The molecule has 1 aliphatic carbocycles. The van der Waals surface area contributed by atoms with E-state index in [4.69, 9.17) is 0 Å². The third-order valence-corrected chi connectivity index (χ3v) is 4.97. The summed E-state index contributed by atoms with van der Waals surface area (Å²) in [6, 6.07) is 17.7. The van der Waals surface area contributed by atoms with Gasteiger partial charge in [0.25, 0.3) is 0 Å². The number of nitrogens with zero attached hydrogens (tertiary/aromatic N) is 1. The third-order valence-electron chi connectivity index (χ3n) is 4.97. The molecule has 0 amide bonds. The highest BCUT2D eigenvalue weighted by Crippen LogP contribution is 2.33. The molecule has 0 bridgehead atoms. The summed E-state index contributed by atoms with van der Waals surface area (Å²) in [5.41, 5.74) is 7.14. The molecule has 2 N–H and O–H groups in total. The van der Waals surface area contributed by atoms with Gasteiger partial charge in [0.1, 0.15) is 0 Å². The summed E-state index contributed by atoms with van der Waals surface area (Å²) < 4.78 is 0. The van der Waals surface area contributed by atoms with E-state index >= 15 is 0 Å². The Balaban J connectivity index is 1.52. The van der Waals surface area contributed by atoms with Gasteiger partial charge < -0.3 is 10.6 Å². The van der Waals surface area contributed by atoms with Crippen molar-refractivity contribution in [1.29, 1.82) is 0 Å². The Morgan fingerprint density at radius 1 is 0.960 bits per heavy atom. The number of aryl methyl sites for hydroxylation is 2. The van der Waals surface area contributed by atoms with E-state index in [1.165, 1.54) is 27.8 Å². The molecular weight excluding hydrogens is 306 g/mol. The normalized spacial score (nSPS) is 15.5. The van der Waals surface area contributed by atoms with Crippen LogP contribution in [-0.2, 0) is 12.8 Å². The highest BCUT2D eigenvalue weighted by molar-refractivity contribution is 5.84. The molecule has 1 aliphatic heterocycles. The van der Waals surface area contributed by atoms with Crippen LogP contribution in [0, 0.1) is 0 Å². The van der Waals surface area contributed by atoms with Crippen molar-refractivity contribution in [1.82, 2.24) is 10.6 Å². The predicted octanol–water partition coefficient (Wildman–Crippen LogP) is 3.55. The molecule has 1 heterocycles. The fourth-order valence-corrected chi connectivity index (χ4v) is 3.71. The van der Waals surface area contributed by atoms with Crippen LogP contribution in [0.25, 0.3) is 5.57 Å². The zero-order valence-electron chi connectivity index (χ0n) is 14.6. The number of unbranched alkanes of at least 4 members (excludes halogenated alkanes) is 1. The number of rotatable bonds is 4. The summed E-state index contributed by atoms with van der Waals surface area (Å²) in [6.07, 6.45) is 6.84. The van der Waals surface area contributed by atoms with Gasteiger partial charge in [-0.3, -0.25) is 4.99 Å². The summed E-state index contributed by atoms with van der Waals surface area (Å²) in [4.78, 5) is 4.37. The molecule has 0 saturated heterocycles. The molecule has 0 spiro atoms. The van der Waals surface area contributed by atoms with Crippen molar-refractivity contribution in [2.24, 2.45) is 4.99 Å². The molecular formula is C22H25N3. The Kier molecular flexibility index (Phi) is 4.82. The Morgan fingerprint density at radius 2 is 1.64 bits per heavy atom. The van der Waals surface area contributed by atoms with Crippen LogP contribution >= 0.6 is 0 Å². The first-order valence-electron chi connectivity index (χ1n) is 9.31. The topological polar surface area (TPSA) is 36.4 Å². The van der Waals surface area contributed by atoms with Crippen molar-refractivity contribution >= 4 is 11.5 Å². The van der Waals surface area contributed by atoms with Crippen LogP contribution in [0.1, 0.15) is 35.1 Å². The lowest BCUT2D eigenvalue weighted by Gasteiger charge is -2.12. The van der Waals surface area contributed by atoms with Crippen LogP contribution in [0.15, 0.2) is 59.6 Å². The monoisotopic (exact) mass is 331 g/mol. The van der Waals surface area contributed by atoms with Crippen LogP contribution in [0.3, 0.4) is 0 Å². The average Bonchev–Trinajstić information content (AvgIpc) is 3.12. The van der Waals surface area contributed by atoms with Gasteiger partial charge in [-0.15, -0.1) is 0 Å². The number of hydrogen-bond acceptors (Lipinski definition) is 3. The van der Waals surface area contributed by atoms with Crippen molar-refractivity contribution < 1.29 is 0 Å². The maximum absolute atomic E-state index is 4.37. The van der Waals surface area contributed by atoms with Gasteiger partial charge in [-0.05, 0) is 53.5 Å². The van der Waals surface area contributed by atoms with Crippen LogP contribution in [-0.4, -0.2) is 25.6 Å². The summed E-state index contributed by atoms with van der Waals surface area (Å²) in [7, 11) is 0. The van der Waals surface area contributed by atoms with Crippen LogP contribution in [0.2, 0.25) is 0 Å². The Bertz CT molecular complexity index is 755. The molecule has 0 atom stereocenters. The summed E-state index contributed by atoms with van der Waals surface area (Å²) in [6.45, 7) is 2.80. The van der Waals surface area contributed by atoms with Gasteiger partial charge in [0.15, 0.2) is 5.96 Å². The summed E-state index contributed by atoms with van der Waals surface area (Å²) in [5.74, 6) is 0.956. The number of fused-ring (bicyclic) bond motifs is 2. The minimum Gasteiger partial charge on any atom is -0.356 e. The van der Waals surface area contributed by atoms with Crippen LogP contribution in [0.4, 0.5) is 0 Å². The van der Waals surface area contributed by atoms with Gasteiger partial charge in [-0.2, -0.15) is 0 Å². The van der Waals surface area contributed by atoms with E-state index in [2.05, 4.69) is 70.2 Å². The van der Waals surface area contributed by atoms with Crippen molar-refractivity contribution in [3.05, 3.63) is 76.9 Å². The highest BCUT2D eigenvalue weighted by atomic mass is 15.2. The van der Waals surface area contributed by atoms with E-state index in [-0.39, 0.29) is 0 Å². The van der Waals surface area contributed by atoms with E-state index in [1.807, 2.05) is 0 Å². The van der Waals surface area contributed by atoms with Gasteiger partial charge in [0, 0.05) is 13.1 Å². The molecule has 0 radical (unpaired) electrons. The number of aliphatic imine (C=N–C) groups is 1. The quantitative estimate of drug-likeness (QED) is 0.841.